The van der Waals surface area contributed by atoms with Crippen molar-refractivity contribution in [3.05, 3.63) is 0 Å². The average molecular weight is 143 g/mol. The molecule has 1 aliphatic heterocycles. The van der Waals surface area contributed by atoms with Crippen LogP contribution in [0.3, 0.4) is 0 Å². The van der Waals surface area contributed by atoms with Crippen molar-refractivity contribution in [2.24, 2.45) is 11.7 Å². The normalized spacial score (nSPS) is 30.9. The van der Waals surface area contributed by atoms with Crippen molar-refractivity contribution in [3.8, 4) is 0 Å². The maximum Gasteiger partial charge on any atom is 0.0630 e. The third kappa shape index (κ3) is 1.96. The summed E-state index contributed by atoms with van der Waals surface area (Å²) in [4.78, 5) is 0. The lowest BCUT2D eigenvalue weighted by molar-refractivity contribution is 0.0349. The Kier molecular flexibility index (Phi) is 2.32. The molecular weight excluding hydrogens is 126 g/mol. The second-order valence-electron chi connectivity index (χ2n) is 3.72. The van der Waals surface area contributed by atoms with Crippen molar-refractivity contribution < 1.29 is 4.74 Å². The molecule has 60 valence electrons. The van der Waals surface area contributed by atoms with Gasteiger partial charge in [-0.25, -0.2) is 0 Å². The Hall–Kier alpha value is -0.0800. The molecule has 2 heteroatoms. The van der Waals surface area contributed by atoms with E-state index in [1.54, 1.807) is 0 Å². The number of nitrogens with two attached hydrogens (primary N) is 1. The molecule has 1 rings (SSSR count). The summed E-state index contributed by atoms with van der Waals surface area (Å²) in [6.45, 7) is 5.99. The van der Waals surface area contributed by atoms with Gasteiger partial charge in [-0.2, -0.15) is 0 Å². The Morgan fingerprint density at radius 1 is 1.60 bits per heavy atom. The van der Waals surface area contributed by atoms with Crippen LogP contribution in [0, 0.1) is 5.92 Å². The number of hydrogen-bond acceptors (Lipinski definition) is 2. The molecule has 0 amide bonds. The second-order valence-corrected chi connectivity index (χ2v) is 3.72. The minimum Gasteiger partial charge on any atom is -0.375 e. The molecule has 0 aliphatic carbocycles. The highest BCUT2D eigenvalue weighted by atomic mass is 16.5. The van der Waals surface area contributed by atoms with E-state index in [4.69, 9.17) is 10.5 Å². The van der Waals surface area contributed by atoms with Crippen LogP contribution < -0.4 is 5.73 Å². The van der Waals surface area contributed by atoms with Gasteiger partial charge in [-0.05, 0) is 39.2 Å². The van der Waals surface area contributed by atoms with Gasteiger partial charge in [0.1, 0.15) is 0 Å². The molecule has 1 unspecified atom stereocenters. The summed E-state index contributed by atoms with van der Waals surface area (Å²) >= 11 is 0. The molecule has 0 spiro atoms. The first-order valence-electron chi connectivity index (χ1n) is 3.98. The summed E-state index contributed by atoms with van der Waals surface area (Å²) in [5.74, 6) is 0.708. The van der Waals surface area contributed by atoms with E-state index in [1.807, 2.05) is 0 Å². The van der Waals surface area contributed by atoms with Gasteiger partial charge in [-0.15, -0.1) is 0 Å². The van der Waals surface area contributed by atoms with E-state index < -0.39 is 0 Å². The first kappa shape index (κ1) is 8.02. The molecule has 1 fully saturated rings. The van der Waals surface area contributed by atoms with Crippen LogP contribution in [-0.4, -0.2) is 18.8 Å². The van der Waals surface area contributed by atoms with Gasteiger partial charge >= 0.3 is 0 Å². The van der Waals surface area contributed by atoms with Crippen LogP contribution in [0.25, 0.3) is 0 Å². The van der Waals surface area contributed by atoms with Crippen LogP contribution in [0.1, 0.15) is 26.7 Å². The van der Waals surface area contributed by atoms with Crippen LogP contribution in [-0.2, 0) is 4.74 Å². The van der Waals surface area contributed by atoms with Gasteiger partial charge in [0.05, 0.1) is 12.2 Å². The molecule has 1 saturated heterocycles. The van der Waals surface area contributed by atoms with Gasteiger partial charge in [-0.3, -0.25) is 0 Å². The average Bonchev–Trinajstić information content (AvgIpc) is 2.12. The SMILES string of the molecule is CC1(C)CC(CCN)CO1. The number of rotatable bonds is 2. The van der Waals surface area contributed by atoms with E-state index in [2.05, 4.69) is 13.8 Å². The molecule has 1 aliphatic rings. The van der Waals surface area contributed by atoms with Crippen LogP contribution in [0.15, 0.2) is 0 Å². The molecule has 0 aromatic rings. The summed E-state index contributed by atoms with van der Waals surface area (Å²) in [6.07, 6.45) is 2.29. The number of ether oxygens (including phenoxy) is 1. The van der Waals surface area contributed by atoms with Gasteiger partial charge < -0.3 is 10.5 Å². The predicted octanol–water partition coefficient (Wildman–Crippen LogP) is 1.15. The molecular formula is C8H17NO. The van der Waals surface area contributed by atoms with Gasteiger partial charge in [0.25, 0.3) is 0 Å². The van der Waals surface area contributed by atoms with Crippen molar-refractivity contribution in [3.63, 3.8) is 0 Å². The highest BCUT2D eigenvalue weighted by Crippen LogP contribution is 2.30. The standard InChI is InChI=1S/C8H17NO/c1-8(2)5-7(3-4-9)6-10-8/h7H,3-6,9H2,1-2H3. The Morgan fingerprint density at radius 3 is 2.70 bits per heavy atom. The van der Waals surface area contributed by atoms with Gasteiger partial charge in [0.15, 0.2) is 0 Å². The van der Waals surface area contributed by atoms with E-state index in [0.717, 1.165) is 19.6 Å². The van der Waals surface area contributed by atoms with Crippen molar-refractivity contribution >= 4 is 0 Å². The lowest BCUT2D eigenvalue weighted by Gasteiger charge is -2.15. The monoisotopic (exact) mass is 143 g/mol. The molecule has 0 bridgehead atoms. The Labute approximate surface area is 62.7 Å². The first-order valence-corrected chi connectivity index (χ1v) is 3.98. The Morgan fingerprint density at radius 2 is 2.30 bits per heavy atom. The van der Waals surface area contributed by atoms with E-state index in [0.29, 0.717) is 5.92 Å². The quantitative estimate of drug-likeness (QED) is 0.629. The molecule has 0 radical (unpaired) electrons. The van der Waals surface area contributed by atoms with Crippen molar-refractivity contribution in [1.82, 2.24) is 0 Å². The smallest absolute Gasteiger partial charge is 0.0630 e. The molecule has 1 heterocycles. The minimum atomic E-state index is 0.111. The van der Waals surface area contributed by atoms with Gasteiger partial charge in [0.2, 0.25) is 0 Å². The maximum atomic E-state index is 5.55. The summed E-state index contributed by atoms with van der Waals surface area (Å²) in [5, 5.41) is 0. The highest BCUT2D eigenvalue weighted by Gasteiger charge is 2.30. The van der Waals surface area contributed by atoms with Crippen LogP contribution in [0.5, 0.6) is 0 Å². The van der Waals surface area contributed by atoms with E-state index in [1.165, 1.54) is 6.42 Å². The summed E-state index contributed by atoms with van der Waals surface area (Å²) in [7, 11) is 0. The summed E-state index contributed by atoms with van der Waals surface area (Å²) < 4.78 is 5.55. The first-order chi connectivity index (χ1) is 4.64. The van der Waals surface area contributed by atoms with E-state index in [-0.39, 0.29) is 5.60 Å². The number of hydrogen-bond donors (Lipinski definition) is 1. The molecule has 0 saturated carbocycles. The Bertz CT molecular complexity index is 112. The Balaban J connectivity index is 2.29. The van der Waals surface area contributed by atoms with Crippen LogP contribution in [0.2, 0.25) is 0 Å². The molecule has 2 N–H and O–H groups in total. The lowest BCUT2D eigenvalue weighted by Crippen LogP contribution is -2.17. The largest absolute Gasteiger partial charge is 0.375 e. The third-order valence-electron chi connectivity index (χ3n) is 2.06. The highest BCUT2D eigenvalue weighted by molar-refractivity contribution is 4.80. The third-order valence-corrected chi connectivity index (χ3v) is 2.06. The second kappa shape index (κ2) is 2.89. The topological polar surface area (TPSA) is 35.2 Å². The minimum absolute atomic E-state index is 0.111. The zero-order chi connectivity index (χ0) is 7.61. The van der Waals surface area contributed by atoms with Gasteiger partial charge in [0, 0.05) is 0 Å². The molecule has 0 aromatic heterocycles. The molecule has 2 nitrogen and oxygen atoms in total. The van der Waals surface area contributed by atoms with Crippen LogP contribution >= 0.6 is 0 Å². The fourth-order valence-electron chi connectivity index (χ4n) is 1.58. The summed E-state index contributed by atoms with van der Waals surface area (Å²) in [6, 6.07) is 0. The summed E-state index contributed by atoms with van der Waals surface area (Å²) in [5.41, 5.74) is 5.55. The lowest BCUT2D eigenvalue weighted by atomic mass is 9.95. The maximum absolute atomic E-state index is 5.55. The van der Waals surface area contributed by atoms with Crippen molar-refractivity contribution in [1.29, 1.82) is 0 Å². The van der Waals surface area contributed by atoms with Crippen LogP contribution in [0.4, 0.5) is 0 Å². The zero-order valence-corrected chi connectivity index (χ0v) is 6.89. The molecule has 10 heavy (non-hydrogen) atoms. The van der Waals surface area contributed by atoms with Crippen molar-refractivity contribution in [2.75, 3.05) is 13.2 Å². The molecule has 0 aromatic carbocycles. The predicted molar refractivity (Wildman–Crippen MR) is 41.8 cm³/mol. The van der Waals surface area contributed by atoms with E-state index >= 15 is 0 Å². The van der Waals surface area contributed by atoms with Gasteiger partial charge in [-0.1, -0.05) is 0 Å². The zero-order valence-electron chi connectivity index (χ0n) is 6.89. The van der Waals surface area contributed by atoms with Crippen molar-refractivity contribution in [2.45, 2.75) is 32.3 Å². The van der Waals surface area contributed by atoms with E-state index in [9.17, 15) is 0 Å². The fraction of sp³-hybridized carbons (Fsp3) is 1.00. The fourth-order valence-corrected chi connectivity index (χ4v) is 1.58. The molecule has 1 atom stereocenters.